The normalized spacial score (nSPS) is 17.1. The van der Waals surface area contributed by atoms with Crippen molar-refractivity contribution in [1.29, 1.82) is 0 Å². The third kappa shape index (κ3) is 5.02. The molecule has 1 fully saturated rings. The number of carbonyl (C=O) groups excluding carboxylic acids is 1. The first-order valence-electron chi connectivity index (χ1n) is 7.04. The lowest BCUT2D eigenvalue weighted by Gasteiger charge is -2.29. The fourth-order valence-electron chi connectivity index (χ4n) is 2.52. The van der Waals surface area contributed by atoms with Gasteiger partial charge in [0.1, 0.15) is 0 Å². The Labute approximate surface area is 127 Å². The van der Waals surface area contributed by atoms with E-state index in [1.165, 1.54) is 19.3 Å². The van der Waals surface area contributed by atoms with Gasteiger partial charge in [0.2, 0.25) is 0 Å². The van der Waals surface area contributed by atoms with E-state index in [-0.39, 0.29) is 24.4 Å². The number of nitrogens with one attached hydrogen (secondary N) is 1. The molecule has 1 atom stereocenters. The molecule has 1 aromatic rings. The number of nitrogens with two attached hydrogens (primary N) is 1. The van der Waals surface area contributed by atoms with Crippen LogP contribution in [0, 0.1) is 0 Å². The molecular weight excluding hydrogens is 274 g/mol. The Balaban J connectivity index is 0.00000200. The van der Waals surface area contributed by atoms with Crippen molar-refractivity contribution in [2.75, 3.05) is 25.4 Å². The van der Waals surface area contributed by atoms with Gasteiger partial charge in [0.15, 0.2) is 0 Å². The molecule has 1 saturated heterocycles. The van der Waals surface area contributed by atoms with Crippen LogP contribution in [0.3, 0.4) is 0 Å². The Morgan fingerprint density at radius 3 is 2.45 bits per heavy atom. The van der Waals surface area contributed by atoms with Crippen molar-refractivity contribution in [2.24, 2.45) is 0 Å². The van der Waals surface area contributed by atoms with Crippen LogP contribution in [-0.2, 0) is 0 Å². The molecule has 20 heavy (non-hydrogen) atoms. The Bertz CT molecular complexity index is 416. The number of rotatable bonds is 4. The minimum absolute atomic E-state index is 0. The molecule has 0 bridgehead atoms. The predicted molar refractivity (Wildman–Crippen MR) is 85.3 cm³/mol. The van der Waals surface area contributed by atoms with Gasteiger partial charge in [0, 0.05) is 23.8 Å². The van der Waals surface area contributed by atoms with E-state index in [9.17, 15) is 4.79 Å². The molecule has 1 unspecified atom stereocenters. The third-order valence-electron chi connectivity index (χ3n) is 3.53. The average Bonchev–Trinajstić information content (AvgIpc) is 2.40. The molecule has 5 heteroatoms. The first-order valence-corrected chi connectivity index (χ1v) is 7.04. The molecule has 1 amide bonds. The maximum atomic E-state index is 12.0. The molecule has 2 rings (SSSR count). The number of halogens is 1. The zero-order valence-electron chi connectivity index (χ0n) is 12.0. The van der Waals surface area contributed by atoms with E-state index in [0.29, 0.717) is 11.3 Å². The van der Waals surface area contributed by atoms with Crippen molar-refractivity contribution in [3.63, 3.8) is 0 Å². The van der Waals surface area contributed by atoms with Gasteiger partial charge in [0.25, 0.3) is 5.91 Å². The highest BCUT2D eigenvalue weighted by molar-refractivity contribution is 5.94. The number of hydrogen-bond acceptors (Lipinski definition) is 3. The number of nitrogens with zero attached hydrogens (tertiary/aromatic N) is 1. The molecule has 1 aromatic carbocycles. The van der Waals surface area contributed by atoms with Gasteiger partial charge in [-0.15, -0.1) is 12.4 Å². The maximum absolute atomic E-state index is 12.0. The number of anilines is 1. The summed E-state index contributed by atoms with van der Waals surface area (Å²) < 4.78 is 0. The summed E-state index contributed by atoms with van der Waals surface area (Å²) in [6, 6.07) is 7.20. The Morgan fingerprint density at radius 1 is 1.25 bits per heavy atom. The van der Waals surface area contributed by atoms with E-state index >= 15 is 0 Å². The van der Waals surface area contributed by atoms with E-state index in [4.69, 9.17) is 5.73 Å². The molecule has 1 aliphatic heterocycles. The van der Waals surface area contributed by atoms with Crippen molar-refractivity contribution >= 4 is 24.0 Å². The summed E-state index contributed by atoms with van der Waals surface area (Å²) in [7, 11) is 0. The van der Waals surface area contributed by atoms with Crippen LogP contribution in [0.2, 0.25) is 0 Å². The molecule has 0 aromatic heterocycles. The molecule has 3 N–H and O–H groups in total. The highest BCUT2D eigenvalue weighted by Gasteiger charge is 2.15. The number of likely N-dealkylation sites (tertiary alicyclic amines) is 1. The lowest BCUT2D eigenvalue weighted by atomic mass is 10.1. The Kier molecular flexibility index (Phi) is 6.82. The van der Waals surface area contributed by atoms with E-state index in [2.05, 4.69) is 17.1 Å². The second kappa shape index (κ2) is 8.12. The van der Waals surface area contributed by atoms with Gasteiger partial charge in [-0.05, 0) is 57.1 Å². The maximum Gasteiger partial charge on any atom is 0.251 e. The minimum atomic E-state index is -0.0236. The molecule has 4 nitrogen and oxygen atoms in total. The van der Waals surface area contributed by atoms with Gasteiger partial charge in [-0.2, -0.15) is 0 Å². The second-order valence-electron chi connectivity index (χ2n) is 5.36. The van der Waals surface area contributed by atoms with E-state index < -0.39 is 0 Å². The third-order valence-corrected chi connectivity index (χ3v) is 3.53. The summed E-state index contributed by atoms with van der Waals surface area (Å²) in [5, 5.41) is 3.04. The lowest BCUT2D eigenvalue weighted by Crippen LogP contribution is -2.43. The summed E-state index contributed by atoms with van der Waals surface area (Å²) in [6.45, 7) is 5.30. The number of piperidine rings is 1. The van der Waals surface area contributed by atoms with Gasteiger partial charge in [-0.1, -0.05) is 6.42 Å². The first-order chi connectivity index (χ1) is 9.15. The van der Waals surface area contributed by atoms with Gasteiger partial charge in [0.05, 0.1) is 0 Å². The minimum Gasteiger partial charge on any atom is -0.399 e. The van der Waals surface area contributed by atoms with Crippen LogP contribution in [0.1, 0.15) is 36.5 Å². The molecule has 0 radical (unpaired) electrons. The predicted octanol–water partition coefficient (Wildman–Crippen LogP) is 2.29. The number of nitrogen functional groups attached to an aromatic ring is 1. The zero-order chi connectivity index (χ0) is 13.7. The topological polar surface area (TPSA) is 58.4 Å². The van der Waals surface area contributed by atoms with Crippen LogP contribution >= 0.6 is 12.4 Å². The summed E-state index contributed by atoms with van der Waals surface area (Å²) in [6.07, 6.45) is 3.89. The highest BCUT2D eigenvalue weighted by Crippen LogP contribution is 2.09. The van der Waals surface area contributed by atoms with Gasteiger partial charge >= 0.3 is 0 Å². The van der Waals surface area contributed by atoms with Crippen molar-refractivity contribution < 1.29 is 4.79 Å². The molecule has 1 heterocycles. The molecule has 0 aliphatic carbocycles. The number of amides is 1. The van der Waals surface area contributed by atoms with Crippen molar-refractivity contribution in [2.45, 2.75) is 32.2 Å². The Hall–Kier alpha value is -1.26. The summed E-state index contributed by atoms with van der Waals surface area (Å²) in [5.41, 5.74) is 6.96. The second-order valence-corrected chi connectivity index (χ2v) is 5.36. The van der Waals surface area contributed by atoms with Gasteiger partial charge in [-0.3, -0.25) is 4.79 Å². The fourth-order valence-corrected chi connectivity index (χ4v) is 2.52. The molecule has 0 spiro atoms. The number of benzene rings is 1. The van der Waals surface area contributed by atoms with Gasteiger partial charge in [-0.25, -0.2) is 0 Å². The van der Waals surface area contributed by atoms with Gasteiger partial charge < -0.3 is 16.0 Å². The monoisotopic (exact) mass is 297 g/mol. The first kappa shape index (κ1) is 16.8. The standard InChI is InChI=1S/C15H23N3O.ClH/c1-12(11-18-9-3-2-4-10-18)17-15(19)13-5-7-14(16)8-6-13;/h5-8,12H,2-4,9-11,16H2,1H3,(H,17,19);1H. The molecule has 0 saturated carbocycles. The van der Waals surface area contributed by atoms with E-state index in [1.54, 1.807) is 24.3 Å². The van der Waals surface area contributed by atoms with Crippen molar-refractivity contribution in [3.8, 4) is 0 Å². The van der Waals surface area contributed by atoms with E-state index in [0.717, 1.165) is 19.6 Å². The quantitative estimate of drug-likeness (QED) is 0.839. The Morgan fingerprint density at radius 2 is 1.85 bits per heavy atom. The van der Waals surface area contributed by atoms with Crippen LogP contribution in [0.5, 0.6) is 0 Å². The van der Waals surface area contributed by atoms with Crippen LogP contribution < -0.4 is 11.1 Å². The van der Waals surface area contributed by atoms with Crippen LogP contribution in [0.4, 0.5) is 5.69 Å². The van der Waals surface area contributed by atoms with Crippen molar-refractivity contribution in [1.82, 2.24) is 10.2 Å². The molecular formula is C15H24ClN3O. The number of carbonyl (C=O) groups is 1. The molecule has 1 aliphatic rings. The largest absolute Gasteiger partial charge is 0.399 e. The zero-order valence-corrected chi connectivity index (χ0v) is 12.8. The summed E-state index contributed by atoms with van der Waals surface area (Å²) in [4.78, 5) is 14.5. The fraction of sp³-hybridized carbons (Fsp3) is 0.533. The number of hydrogen-bond donors (Lipinski definition) is 2. The average molecular weight is 298 g/mol. The van der Waals surface area contributed by atoms with Crippen LogP contribution in [0.15, 0.2) is 24.3 Å². The molecule has 112 valence electrons. The van der Waals surface area contributed by atoms with Crippen molar-refractivity contribution in [3.05, 3.63) is 29.8 Å². The highest BCUT2D eigenvalue weighted by atomic mass is 35.5. The summed E-state index contributed by atoms with van der Waals surface area (Å²) in [5.74, 6) is -0.0236. The van der Waals surface area contributed by atoms with Crippen LogP contribution in [0.25, 0.3) is 0 Å². The van der Waals surface area contributed by atoms with E-state index in [1.807, 2.05) is 0 Å². The lowest BCUT2D eigenvalue weighted by molar-refractivity contribution is 0.0925. The van der Waals surface area contributed by atoms with Crippen LogP contribution in [-0.4, -0.2) is 36.5 Å². The smallest absolute Gasteiger partial charge is 0.251 e. The summed E-state index contributed by atoms with van der Waals surface area (Å²) >= 11 is 0. The SMILES string of the molecule is CC(CN1CCCCC1)NC(=O)c1ccc(N)cc1.Cl.